The molecule has 17 heavy (non-hydrogen) atoms. The third-order valence-corrected chi connectivity index (χ3v) is 4.53. The molecule has 1 N–H and O–H groups in total. The van der Waals surface area contributed by atoms with Gasteiger partial charge in [-0.25, -0.2) is 0 Å². The van der Waals surface area contributed by atoms with Gasteiger partial charge in [0.25, 0.3) is 0 Å². The minimum Gasteiger partial charge on any atom is -0.358 e. The van der Waals surface area contributed by atoms with Gasteiger partial charge < -0.3 is 4.98 Å². The quantitative estimate of drug-likeness (QED) is 0.853. The molecule has 0 unspecified atom stereocenters. The zero-order chi connectivity index (χ0) is 12.7. The number of hydrogen-bond donors (Lipinski definition) is 1. The van der Waals surface area contributed by atoms with Crippen molar-refractivity contribution in [1.82, 2.24) is 4.98 Å². The standard InChI is InChI=1S/C14H16BrNO/c1-5-10-9(4)16-11-6-7(2)13(15)8(3)12(11)14(10)17/h6H,5H2,1-4H3,(H,16,17). The van der Waals surface area contributed by atoms with Crippen LogP contribution in [0.4, 0.5) is 0 Å². The first-order chi connectivity index (χ1) is 7.97. The predicted molar refractivity (Wildman–Crippen MR) is 75.9 cm³/mol. The molecule has 0 saturated heterocycles. The summed E-state index contributed by atoms with van der Waals surface area (Å²) in [5, 5.41) is 0.810. The van der Waals surface area contributed by atoms with Crippen LogP contribution in [0.5, 0.6) is 0 Å². The lowest BCUT2D eigenvalue weighted by Crippen LogP contribution is -2.14. The molecule has 90 valence electrons. The summed E-state index contributed by atoms with van der Waals surface area (Å²) in [6, 6.07) is 2.03. The molecule has 0 fully saturated rings. The van der Waals surface area contributed by atoms with Crippen LogP contribution in [0.15, 0.2) is 15.3 Å². The molecule has 0 spiro atoms. The number of nitrogens with one attached hydrogen (secondary N) is 1. The van der Waals surface area contributed by atoms with Gasteiger partial charge in [-0.3, -0.25) is 4.79 Å². The molecule has 1 aromatic carbocycles. The highest BCUT2D eigenvalue weighted by atomic mass is 79.9. The third kappa shape index (κ3) is 1.82. The van der Waals surface area contributed by atoms with Gasteiger partial charge in [0.2, 0.25) is 0 Å². The highest BCUT2D eigenvalue weighted by Gasteiger charge is 2.12. The van der Waals surface area contributed by atoms with Crippen LogP contribution in [0, 0.1) is 20.8 Å². The molecular formula is C14H16BrNO. The Bertz CT molecular complexity index is 656. The van der Waals surface area contributed by atoms with E-state index < -0.39 is 0 Å². The molecule has 0 amide bonds. The average Bonchev–Trinajstić information content (AvgIpc) is 2.26. The molecule has 0 saturated carbocycles. The van der Waals surface area contributed by atoms with Crippen molar-refractivity contribution in [2.45, 2.75) is 34.1 Å². The van der Waals surface area contributed by atoms with Crippen LogP contribution >= 0.6 is 15.9 Å². The van der Waals surface area contributed by atoms with E-state index in [1.807, 2.05) is 33.8 Å². The van der Waals surface area contributed by atoms with Crippen molar-refractivity contribution >= 4 is 26.8 Å². The van der Waals surface area contributed by atoms with Crippen LogP contribution in [-0.2, 0) is 6.42 Å². The first-order valence-electron chi connectivity index (χ1n) is 5.78. The Morgan fingerprint density at radius 2 is 1.94 bits per heavy atom. The van der Waals surface area contributed by atoms with Crippen LogP contribution in [-0.4, -0.2) is 4.98 Å². The number of hydrogen-bond acceptors (Lipinski definition) is 1. The summed E-state index contributed by atoms with van der Waals surface area (Å²) < 4.78 is 1.03. The fraction of sp³-hybridized carbons (Fsp3) is 0.357. The largest absolute Gasteiger partial charge is 0.358 e. The minimum absolute atomic E-state index is 0.164. The number of aromatic amines is 1. The lowest BCUT2D eigenvalue weighted by atomic mass is 10.0. The van der Waals surface area contributed by atoms with Gasteiger partial charge >= 0.3 is 0 Å². The molecule has 0 aliphatic carbocycles. The van der Waals surface area contributed by atoms with E-state index in [9.17, 15) is 4.79 Å². The molecule has 0 atom stereocenters. The fourth-order valence-electron chi connectivity index (χ4n) is 2.38. The van der Waals surface area contributed by atoms with Gasteiger partial charge in [-0.05, 0) is 44.4 Å². The zero-order valence-corrected chi connectivity index (χ0v) is 12.2. The molecular weight excluding hydrogens is 278 g/mol. The van der Waals surface area contributed by atoms with Crippen molar-refractivity contribution in [3.63, 3.8) is 0 Å². The highest BCUT2D eigenvalue weighted by molar-refractivity contribution is 9.10. The molecule has 0 aliphatic heterocycles. The van der Waals surface area contributed by atoms with E-state index in [2.05, 4.69) is 20.9 Å². The molecule has 2 nitrogen and oxygen atoms in total. The van der Waals surface area contributed by atoms with Gasteiger partial charge in [0.05, 0.1) is 5.52 Å². The monoisotopic (exact) mass is 293 g/mol. The van der Waals surface area contributed by atoms with E-state index >= 15 is 0 Å². The van der Waals surface area contributed by atoms with E-state index in [0.29, 0.717) is 0 Å². The zero-order valence-electron chi connectivity index (χ0n) is 10.6. The van der Waals surface area contributed by atoms with Gasteiger partial charge in [-0.2, -0.15) is 0 Å². The Hall–Kier alpha value is -1.09. The Labute approximate surface area is 109 Å². The van der Waals surface area contributed by atoms with Crippen LogP contribution in [0.25, 0.3) is 10.9 Å². The third-order valence-electron chi connectivity index (χ3n) is 3.31. The van der Waals surface area contributed by atoms with E-state index in [1.165, 1.54) is 0 Å². The predicted octanol–water partition coefficient (Wildman–Crippen LogP) is 3.78. The van der Waals surface area contributed by atoms with Gasteiger partial charge in [0, 0.05) is 21.1 Å². The van der Waals surface area contributed by atoms with Gasteiger partial charge in [0.15, 0.2) is 5.43 Å². The molecule has 0 radical (unpaired) electrons. The second-order valence-corrected chi connectivity index (χ2v) is 5.26. The molecule has 1 heterocycles. The van der Waals surface area contributed by atoms with Crippen molar-refractivity contribution < 1.29 is 0 Å². The fourth-order valence-corrected chi connectivity index (χ4v) is 2.69. The van der Waals surface area contributed by atoms with Crippen molar-refractivity contribution in [2.75, 3.05) is 0 Å². The molecule has 2 rings (SSSR count). The number of halogens is 1. The summed E-state index contributed by atoms with van der Waals surface area (Å²) in [5.74, 6) is 0. The number of fused-ring (bicyclic) bond motifs is 1. The summed E-state index contributed by atoms with van der Waals surface area (Å²) in [6.07, 6.45) is 0.766. The maximum atomic E-state index is 12.4. The summed E-state index contributed by atoms with van der Waals surface area (Å²) in [6.45, 7) is 8.01. The Morgan fingerprint density at radius 3 is 2.53 bits per heavy atom. The van der Waals surface area contributed by atoms with E-state index in [4.69, 9.17) is 0 Å². The van der Waals surface area contributed by atoms with Gasteiger partial charge in [-0.15, -0.1) is 0 Å². The van der Waals surface area contributed by atoms with Crippen LogP contribution in [0.3, 0.4) is 0 Å². The number of H-pyrrole nitrogens is 1. The second-order valence-electron chi connectivity index (χ2n) is 4.47. The first kappa shape index (κ1) is 12.4. The van der Waals surface area contributed by atoms with E-state index in [-0.39, 0.29) is 5.43 Å². The summed E-state index contributed by atoms with van der Waals surface area (Å²) >= 11 is 3.55. The van der Waals surface area contributed by atoms with Gasteiger partial charge in [-0.1, -0.05) is 22.9 Å². The highest BCUT2D eigenvalue weighted by Crippen LogP contribution is 2.27. The number of rotatable bonds is 1. The maximum Gasteiger partial charge on any atom is 0.193 e. The SMILES string of the molecule is CCc1c(C)[nH]c2cc(C)c(Br)c(C)c2c1=O. The second kappa shape index (κ2) is 4.30. The first-order valence-corrected chi connectivity index (χ1v) is 6.57. The Balaban J connectivity index is 3.04. The van der Waals surface area contributed by atoms with Crippen LogP contribution in [0.1, 0.15) is 29.3 Å². The number of pyridine rings is 1. The van der Waals surface area contributed by atoms with Crippen molar-refractivity contribution in [2.24, 2.45) is 0 Å². The van der Waals surface area contributed by atoms with Crippen molar-refractivity contribution in [3.05, 3.63) is 43.1 Å². The molecule has 3 heteroatoms. The average molecular weight is 294 g/mol. The lowest BCUT2D eigenvalue weighted by molar-refractivity contribution is 1.05. The molecule has 0 bridgehead atoms. The number of benzene rings is 1. The summed E-state index contributed by atoms with van der Waals surface area (Å²) in [7, 11) is 0. The summed E-state index contributed by atoms with van der Waals surface area (Å²) in [5.41, 5.74) is 5.13. The van der Waals surface area contributed by atoms with Crippen molar-refractivity contribution in [3.8, 4) is 0 Å². The molecule has 2 aromatic rings. The van der Waals surface area contributed by atoms with E-state index in [1.54, 1.807) is 0 Å². The Morgan fingerprint density at radius 1 is 1.29 bits per heavy atom. The van der Waals surface area contributed by atoms with Gasteiger partial charge in [0.1, 0.15) is 0 Å². The van der Waals surface area contributed by atoms with Crippen LogP contribution in [0.2, 0.25) is 0 Å². The normalized spacial score (nSPS) is 11.1. The number of aryl methyl sites for hydroxylation is 3. The topological polar surface area (TPSA) is 32.9 Å². The van der Waals surface area contributed by atoms with Crippen LogP contribution < -0.4 is 5.43 Å². The summed E-state index contributed by atoms with van der Waals surface area (Å²) in [4.78, 5) is 15.8. The smallest absolute Gasteiger partial charge is 0.193 e. The van der Waals surface area contributed by atoms with Crippen molar-refractivity contribution in [1.29, 1.82) is 0 Å². The molecule has 1 aromatic heterocycles. The maximum absolute atomic E-state index is 12.4. The lowest BCUT2D eigenvalue weighted by Gasteiger charge is -2.11. The Kier molecular flexibility index (Phi) is 3.13. The number of aromatic nitrogens is 1. The molecule has 0 aliphatic rings. The minimum atomic E-state index is 0.164. The van der Waals surface area contributed by atoms with E-state index in [0.717, 1.165) is 44.2 Å².